The third kappa shape index (κ3) is 4.96. The Morgan fingerprint density at radius 1 is 1.21 bits per heavy atom. The minimum Gasteiger partial charge on any atom is -0.463 e. The minimum absolute atomic E-state index is 0.111. The summed E-state index contributed by atoms with van der Waals surface area (Å²) >= 11 is 5.80. The number of hydrogen-bond donors (Lipinski definition) is 2. The Bertz CT molecular complexity index is 709. The zero-order valence-electron chi connectivity index (χ0n) is 13.3. The molecule has 0 spiro atoms. The van der Waals surface area contributed by atoms with Gasteiger partial charge in [-0.3, -0.25) is 9.59 Å². The average Bonchev–Trinajstić information content (AvgIpc) is 3.06. The molecule has 1 aromatic heterocycles. The monoisotopic (exact) mass is 347 g/mol. The Morgan fingerprint density at radius 2 is 1.92 bits per heavy atom. The van der Waals surface area contributed by atoms with Gasteiger partial charge in [0.15, 0.2) is 0 Å². The molecular weight excluding hydrogens is 330 g/mol. The van der Waals surface area contributed by atoms with Gasteiger partial charge in [0, 0.05) is 10.6 Å². The third-order valence-corrected chi connectivity index (χ3v) is 3.50. The quantitative estimate of drug-likeness (QED) is 0.622. The van der Waals surface area contributed by atoms with Gasteiger partial charge in [-0.2, -0.15) is 5.10 Å². The molecule has 0 aliphatic heterocycles. The summed E-state index contributed by atoms with van der Waals surface area (Å²) in [6.07, 6.45) is 2.89. The van der Waals surface area contributed by atoms with Crippen LogP contribution in [0.3, 0.4) is 0 Å². The molecule has 2 aromatic rings. The summed E-state index contributed by atoms with van der Waals surface area (Å²) in [4.78, 5) is 24.5. The molecular formula is C17H18ClN3O3. The van der Waals surface area contributed by atoms with Gasteiger partial charge in [-0.1, -0.05) is 25.4 Å². The summed E-state index contributed by atoms with van der Waals surface area (Å²) in [5.74, 6) is -0.354. The van der Waals surface area contributed by atoms with Gasteiger partial charge < -0.3 is 9.73 Å². The molecule has 2 amide bonds. The SMILES string of the molecule is CC(C)C(NC(=O)c1ccc(Cl)cc1)C(=O)N/N=C\c1ccco1. The zero-order chi connectivity index (χ0) is 17.5. The van der Waals surface area contributed by atoms with Crippen LogP contribution in [-0.4, -0.2) is 24.1 Å². The van der Waals surface area contributed by atoms with Crippen molar-refractivity contribution in [1.29, 1.82) is 0 Å². The molecule has 0 bridgehead atoms. The molecule has 1 atom stereocenters. The molecule has 7 heteroatoms. The maximum atomic E-state index is 12.2. The van der Waals surface area contributed by atoms with E-state index in [2.05, 4.69) is 15.8 Å². The van der Waals surface area contributed by atoms with E-state index >= 15 is 0 Å². The molecule has 0 saturated heterocycles. The molecule has 2 N–H and O–H groups in total. The minimum atomic E-state index is -0.720. The summed E-state index contributed by atoms with van der Waals surface area (Å²) in [6, 6.07) is 9.14. The standard InChI is InChI=1S/C17H18ClN3O3/c1-11(2)15(17(23)21-19-10-14-4-3-9-24-14)20-16(22)12-5-7-13(18)8-6-12/h3-11,15H,1-2H3,(H,20,22)(H,21,23)/b19-10-. The van der Waals surface area contributed by atoms with Crippen LogP contribution < -0.4 is 10.7 Å². The molecule has 6 nitrogen and oxygen atoms in total. The number of amides is 2. The Kier molecular flexibility index (Phi) is 6.14. The van der Waals surface area contributed by atoms with Gasteiger partial charge in [-0.05, 0) is 42.3 Å². The van der Waals surface area contributed by atoms with Crippen molar-refractivity contribution in [2.45, 2.75) is 19.9 Å². The van der Waals surface area contributed by atoms with Crippen molar-refractivity contribution in [3.63, 3.8) is 0 Å². The van der Waals surface area contributed by atoms with E-state index in [0.29, 0.717) is 16.3 Å². The topological polar surface area (TPSA) is 83.7 Å². The molecule has 0 aliphatic carbocycles. The van der Waals surface area contributed by atoms with Gasteiger partial charge in [0.25, 0.3) is 11.8 Å². The number of furan rings is 1. The summed E-state index contributed by atoms with van der Waals surface area (Å²) < 4.78 is 5.07. The first-order valence-electron chi connectivity index (χ1n) is 7.40. The second kappa shape index (κ2) is 8.31. The van der Waals surface area contributed by atoms with Crippen LogP contribution in [0.4, 0.5) is 0 Å². The molecule has 1 heterocycles. The van der Waals surface area contributed by atoms with Gasteiger partial charge >= 0.3 is 0 Å². The van der Waals surface area contributed by atoms with E-state index in [1.807, 2.05) is 13.8 Å². The predicted octanol–water partition coefficient (Wildman–Crippen LogP) is 2.84. The molecule has 2 rings (SSSR count). The number of nitrogens with zero attached hydrogens (tertiary/aromatic N) is 1. The molecule has 1 aromatic carbocycles. The second-order valence-electron chi connectivity index (χ2n) is 5.45. The van der Waals surface area contributed by atoms with Crippen LogP contribution >= 0.6 is 11.6 Å². The number of hydrogen-bond acceptors (Lipinski definition) is 4. The smallest absolute Gasteiger partial charge is 0.262 e. The number of nitrogens with one attached hydrogen (secondary N) is 2. The number of rotatable bonds is 6. The number of hydrazone groups is 1. The van der Waals surface area contributed by atoms with Crippen molar-refractivity contribution in [3.8, 4) is 0 Å². The number of halogens is 1. The van der Waals surface area contributed by atoms with E-state index in [0.717, 1.165) is 0 Å². The van der Waals surface area contributed by atoms with Gasteiger partial charge in [0.2, 0.25) is 0 Å². The fourth-order valence-electron chi connectivity index (χ4n) is 1.95. The molecule has 1 unspecified atom stereocenters. The molecule has 126 valence electrons. The van der Waals surface area contributed by atoms with Gasteiger partial charge in [-0.25, -0.2) is 5.43 Å². The van der Waals surface area contributed by atoms with Crippen LogP contribution in [0.2, 0.25) is 5.02 Å². The molecule has 24 heavy (non-hydrogen) atoms. The maximum absolute atomic E-state index is 12.2. The highest BCUT2D eigenvalue weighted by molar-refractivity contribution is 6.30. The first-order chi connectivity index (χ1) is 11.5. The summed E-state index contributed by atoms with van der Waals surface area (Å²) in [7, 11) is 0. The van der Waals surface area contributed by atoms with Gasteiger partial charge in [0.05, 0.1) is 12.5 Å². The van der Waals surface area contributed by atoms with Crippen LogP contribution in [-0.2, 0) is 4.79 Å². The Morgan fingerprint density at radius 3 is 2.50 bits per heavy atom. The van der Waals surface area contributed by atoms with Crippen molar-refractivity contribution in [2.75, 3.05) is 0 Å². The van der Waals surface area contributed by atoms with Crippen molar-refractivity contribution in [2.24, 2.45) is 11.0 Å². The van der Waals surface area contributed by atoms with Crippen molar-refractivity contribution in [1.82, 2.24) is 10.7 Å². The highest BCUT2D eigenvalue weighted by Gasteiger charge is 2.24. The van der Waals surface area contributed by atoms with Gasteiger partial charge in [-0.15, -0.1) is 0 Å². The van der Waals surface area contributed by atoms with Crippen molar-refractivity contribution >= 4 is 29.6 Å². The number of carbonyl (C=O) groups is 2. The van der Waals surface area contributed by atoms with Crippen LogP contribution in [0.25, 0.3) is 0 Å². The fraction of sp³-hybridized carbons (Fsp3) is 0.235. The lowest BCUT2D eigenvalue weighted by Gasteiger charge is -2.20. The van der Waals surface area contributed by atoms with E-state index in [4.69, 9.17) is 16.0 Å². The molecule has 0 saturated carbocycles. The molecule has 0 radical (unpaired) electrons. The summed E-state index contributed by atoms with van der Waals surface area (Å²) in [5.41, 5.74) is 2.83. The summed E-state index contributed by atoms with van der Waals surface area (Å²) in [5, 5.41) is 7.06. The fourth-order valence-corrected chi connectivity index (χ4v) is 2.08. The van der Waals surface area contributed by atoms with Crippen molar-refractivity contribution < 1.29 is 14.0 Å². The maximum Gasteiger partial charge on any atom is 0.262 e. The molecule has 0 fully saturated rings. The van der Waals surface area contributed by atoms with E-state index in [-0.39, 0.29) is 11.8 Å². The first-order valence-corrected chi connectivity index (χ1v) is 7.78. The second-order valence-corrected chi connectivity index (χ2v) is 5.89. The van der Waals surface area contributed by atoms with E-state index in [9.17, 15) is 9.59 Å². The van der Waals surface area contributed by atoms with E-state index in [1.165, 1.54) is 12.5 Å². The number of benzene rings is 1. The van der Waals surface area contributed by atoms with Crippen LogP contribution in [0.15, 0.2) is 52.2 Å². The third-order valence-electron chi connectivity index (χ3n) is 3.25. The highest BCUT2D eigenvalue weighted by Crippen LogP contribution is 2.10. The van der Waals surface area contributed by atoms with Crippen LogP contribution in [0.5, 0.6) is 0 Å². The highest BCUT2D eigenvalue weighted by atomic mass is 35.5. The number of carbonyl (C=O) groups excluding carboxylic acids is 2. The lowest BCUT2D eigenvalue weighted by Crippen LogP contribution is -2.48. The lowest BCUT2D eigenvalue weighted by atomic mass is 10.0. The van der Waals surface area contributed by atoms with Crippen LogP contribution in [0, 0.1) is 5.92 Å². The van der Waals surface area contributed by atoms with Gasteiger partial charge in [0.1, 0.15) is 11.8 Å². The van der Waals surface area contributed by atoms with E-state index < -0.39 is 11.9 Å². The van der Waals surface area contributed by atoms with E-state index in [1.54, 1.807) is 36.4 Å². The predicted molar refractivity (Wildman–Crippen MR) is 92.0 cm³/mol. The summed E-state index contributed by atoms with van der Waals surface area (Å²) in [6.45, 7) is 3.67. The lowest BCUT2D eigenvalue weighted by molar-refractivity contribution is -0.123. The molecule has 0 aliphatic rings. The van der Waals surface area contributed by atoms with Crippen LogP contribution in [0.1, 0.15) is 30.0 Å². The Hall–Kier alpha value is -2.60. The Balaban J connectivity index is 1.98. The normalized spacial score (nSPS) is 12.3. The van der Waals surface area contributed by atoms with Crippen molar-refractivity contribution in [3.05, 3.63) is 59.0 Å². The zero-order valence-corrected chi connectivity index (χ0v) is 14.1. The largest absolute Gasteiger partial charge is 0.463 e. The first kappa shape index (κ1) is 17.7. The Labute approximate surface area is 144 Å². The average molecular weight is 348 g/mol.